The van der Waals surface area contributed by atoms with Gasteiger partial charge in [-0.2, -0.15) is 6.07 Å². The van der Waals surface area contributed by atoms with Gasteiger partial charge >= 0.3 is 37.9 Å². The van der Waals surface area contributed by atoms with Gasteiger partial charge in [-0.15, -0.1) is 34.5 Å². The summed E-state index contributed by atoms with van der Waals surface area (Å²) in [5.74, 6) is 0. The van der Waals surface area contributed by atoms with Gasteiger partial charge in [0.15, 0.2) is 0 Å². The van der Waals surface area contributed by atoms with E-state index in [1.165, 1.54) is 21.9 Å². The molecular weight excluding hydrogens is 390 g/mol. The number of aryl methyl sites for hydroxylation is 1. The van der Waals surface area contributed by atoms with Gasteiger partial charge in [0.05, 0.1) is 0 Å². The third kappa shape index (κ3) is 3.71. The zero-order valence-corrected chi connectivity index (χ0v) is 15.6. The van der Waals surface area contributed by atoms with E-state index >= 15 is 0 Å². The topological polar surface area (TPSA) is 0 Å². The molecule has 0 aromatic heterocycles. The van der Waals surface area contributed by atoms with Gasteiger partial charge < -0.3 is 0 Å². The van der Waals surface area contributed by atoms with Crippen LogP contribution in [0, 0.1) is 6.92 Å². The number of halogens is 3. The second kappa shape index (κ2) is 7.71. The fourth-order valence-corrected chi connectivity index (χ4v) is 2.54. The molecule has 0 aliphatic heterocycles. The third-order valence-corrected chi connectivity index (χ3v) is 3.39. The van der Waals surface area contributed by atoms with Crippen LogP contribution in [0.25, 0.3) is 21.9 Å². The summed E-state index contributed by atoms with van der Waals surface area (Å²) in [6.45, 7) is 2.12. The first-order valence-electron chi connectivity index (χ1n) is 6.04. The number of hydrogen-bond acceptors (Lipinski definition) is 0. The Bertz CT molecular complexity index is 704. The number of fused-ring (bicyclic) bond motifs is 1. The summed E-state index contributed by atoms with van der Waals surface area (Å²) < 4.78 is 0. The molecule has 0 nitrogen and oxygen atoms in total. The molecule has 0 bridgehead atoms. The third-order valence-electron chi connectivity index (χ3n) is 3.06. The minimum atomic E-state index is -0.826. The Hall–Kier alpha value is -0.197. The van der Waals surface area contributed by atoms with Crippen LogP contribution in [0.5, 0.6) is 0 Å². The number of rotatable bonds is 1. The normalized spacial score (nSPS) is 10.0. The van der Waals surface area contributed by atoms with Crippen LogP contribution in [0.1, 0.15) is 5.56 Å². The second-order valence-corrected chi connectivity index (χ2v) is 8.53. The summed E-state index contributed by atoms with van der Waals surface area (Å²) in [7, 11) is 9.87. The molecule has 0 amide bonds. The fourth-order valence-electron chi connectivity index (χ4n) is 2.30. The molecule has 102 valence electrons. The Kier molecular flexibility index (Phi) is 6.24. The van der Waals surface area contributed by atoms with E-state index in [0.717, 1.165) is 10.6 Å². The van der Waals surface area contributed by atoms with Crippen LogP contribution in [0.15, 0.2) is 54.6 Å². The van der Waals surface area contributed by atoms with Crippen LogP contribution in [-0.2, 0) is 20.8 Å². The summed E-state index contributed by atoms with van der Waals surface area (Å²) in [5.41, 5.74) is 3.60. The molecule has 0 heterocycles. The van der Waals surface area contributed by atoms with Gasteiger partial charge in [-0.3, -0.25) is 0 Å². The Morgan fingerprint density at radius 1 is 0.950 bits per heavy atom. The predicted molar refractivity (Wildman–Crippen MR) is 86.4 cm³/mol. The molecule has 4 heteroatoms. The molecule has 3 aromatic rings. The SMILES string of the molecule is Cc1cc2c(-c3ccccc3Cl)cccc2[cH-]1.[Cl][Zr][Cl]. The van der Waals surface area contributed by atoms with E-state index in [1.54, 1.807) is 0 Å². The molecule has 0 saturated carbocycles. The molecule has 0 unspecified atom stereocenters. The van der Waals surface area contributed by atoms with E-state index < -0.39 is 20.8 Å². The molecule has 0 aliphatic carbocycles. The molecule has 0 atom stereocenters. The van der Waals surface area contributed by atoms with Crippen LogP contribution in [0.2, 0.25) is 5.02 Å². The monoisotopic (exact) mass is 399 g/mol. The molecule has 0 saturated heterocycles. The van der Waals surface area contributed by atoms with E-state index in [-0.39, 0.29) is 0 Å². The average molecular weight is 402 g/mol. The molecule has 0 N–H and O–H groups in total. The second-order valence-electron chi connectivity index (χ2n) is 4.39. The van der Waals surface area contributed by atoms with Crippen molar-refractivity contribution < 1.29 is 20.8 Å². The molecule has 0 spiro atoms. The van der Waals surface area contributed by atoms with Crippen molar-refractivity contribution in [2.24, 2.45) is 0 Å². The van der Waals surface area contributed by atoms with Crippen molar-refractivity contribution in [1.29, 1.82) is 0 Å². The summed E-state index contributed by atoms with van der Waals surface area (Å²) >= 11 is 5.44. The van der Waals surface area contributed by atoms with Crippen molar-refractivity contribution in [3.05, 3.63) is 65.2 Å². The van der Waals surface area contributed by atoms with Crippen LogP contribution in [0.3, 0.4) is 0 Å². The Balaban J connectivity index is 0.000000452. The Morgan fingerprint density at radius 2 is 1.60 bits per heavy atom. The first-order valence-corrected chi connectivity index (χ1v) is 12.8. The number of hydrogen-bond donors (Lipinski definition) is 0. The van der Waals surface area contributed by atoms with Gasteiger partial charge in [-0.25, -0.2) is 0 Å². The first-order chi connectivity index (χ1) is 9.67. The van der Waals surface area contributed by atoms with Crippen molar-refractivity contribution in [2.75, 3.05) is 0 Å². The van der Waals surface area contributed by atoms with Gasteiger partial charge in [0.2, 0.25) is 0 Å². The molecule has 0 radical (unpaired) electrons. The summed E-state index contributed by atoms with van der Waals surface area (Å²) in [6, 6.07) is 18.8. The van der Waals surface area contributed by atoms with Gasteiger partial charge in [0.25, 0.3) is 0 Å². The molecule has 3 aromatic carbocycles. The molecule has 20 heavy (non-hydrogen) atoms. The summed E-state index contributed by atoms with van der Waals surface area (Å²) in [6.07, 6.45) is 0. The molecular formula is C16H12Cl3Zr-. The van der Waals surface area contributed by atoms with Crippen LogP contribution in [0.4, 0.5) is 0 Å². The standard InChI is InChI=1S/C16H12Cl.2ClH.Zr/c1-11-9-12-5-4-7-13(15(12)10-11)14-6-2-3-8-16(14)17;;;/h2-10H,1H3;2*1H;/q-1;;;+2/p-2. The van der Waals surface area contributed by atoms with Crippen LogP contribution >= 0.6 is 28.6 Å². The summed E-state index contributed by atoms with van der Waals surface area (Å²) in [4.78, 5) is 0. The van der Waals surface area contributed by atoms with Gasteiger partial charge in [-0.1, -0.05) is 48.4 Å². The zero-order valence-electron chi connectivity index (χ0n) is 10.8. The molecule has 0 aliphatic rings. The van der Waals surface area contributed by atoms with Crippen molar-refractivity contribution >= 4 is 39.4 Å². The van der Waals surface area contributed by atoms with Gasteiger partial charge in [-0.05, 0) is 11.6 Å². The van der Waals surface area contributed by atoms with Gasteiger partial charge in [0.1, 0.15) is 0 Å². The minimum absolute atomic E-state index is 0.804. The fraction of sp³-hybridized carbons (Fsp3) is 0.0625. The first kappa shape index (κ1) is 16.2. The van der Waals surface area contributed by atoms with Crippen molar-refractivity contribution in [3.8, 4) is 11.1 Å². The van der Waals surface area contributed by atoms with E-state index in [2.05, 4.69) is 43.3 Å². The quantitative estimate of drug-likeness (QED) is 0.405. The summed E-state index contributed by atoms with van der Waals surface area (Å²) in [5, 5.41) is 3.36. The molecule has 3 rings (SSSR count). The zero-order chi connectivity index (χ0) is 14.5. The van der Waals surface area contributed by atoms with E-state index in [0.29, 0.717) is 0 Å². The van der Waals surface area contributed by atoms with Gasteiger partial charge in [0, 0.05) is 5.02 Å². The van der Waals surface area contributed by atoms with Crippen LogP contribution in [-0.4, -0.2) is 0 Å². The Labute approximate surface area is 142 Å². The molecule has 0 fully saturated rings. The van der Waals surface area contributed by atoms with E-state index in [1.807, 2.05) is 18.2 Å². The van der Waals surface area contributed by atoms with Crippen LogP contribution < -0.4 is 0 Å². The van der Waals surface area contributed by atoms with E-state index in [4.69, 9.17) is 28.6 Å². The Morgan fingerprint density at radius 3 is 2.30 bits per heavy atom. The van der Waals surface area contributed by atoms with Crippen molar-refractivity contribution in [3.63, 3.8) is 0 Å². The van der Waals surface area contributed by atoms with Crippen molar-refractivity contribution in [1.82, 2.24) is 0 Å². The predicted octanol–water partition coefficient (Wildman–Crippen LogP) is 6.56. The maximum atomic E-state index is 6.27. The van der Waals surface area contributed by atoms with E-state index in [9.17, 15) is 0 Å². The number of benzene rings is 2. The van der Waals surface area contributed by atoms with Crippen molar-refractivity contribution in [2.45, 2.75) is 6.92 Å². The average Bonchev–Trinajstić information content (AvgIpc) is 2.80. The maximum absolute atomic E-state index is 6.27.